The third-order valence-electron chi connectivity index (χ3n) is 3.55. The minimum absolute atomic E-state index is 0.276. The predicted molar refractivity (Wildman–Crippen MR) is 83.2 cm³/mol. The first-order chi connectivity index (χ1) is 9.24. The Morgan fingerprint density at radius 1 is 1.42 bits per heavy atom. The fourth-order valence-electron chi connectivity index (χ4n) is 2.46. The zero-order valence-electron chi connectivity index (χ0n) is 11.7. The standard InChI is InChI=1S/C16H22BrNO/c1-3-9-18-16(13-6-5-10-19-11-13)14-7-4-8-15(17)12(14)2/h4,7-8,11,16,18H,3,5-6,9-10H2,1-2H3. The Balaban J connectivity index is 2.30. The molecule has 1 heterocycles. The molecule has 1 aliphatic rings. The molecule has 1 aromatic carbocycles. The quantitative estimate of drug-likeness (QED) is 0.861. The van der Waals surface area contributed by atoms with E-state index in [1.54, 1.807) is 0 Å². The number of nitrogens with one attached hydrogen (secondary N) is 1. The molecule has 0 radical (unpaired) electrons. The van der Waals surface area contributed by atoms with E-state index in [0.29, 0.717) is 0 Å². The minimum atomic E-state index is 0.276. The summed E-state index contributed by atoms with van der Waals surface area (Å²) in [7, 11) is 0. The average molecular weight is 324 g/mol. The SMILES string of the molecule is CCCNC(C1=COCCC1)c1cccc(Br)c1C. The van der Waals surface area contributed by atoms with E-state index in [1.165, 1.54) is 21.2 Å². The molecule has 0 spiro atoms. The average Bonchev–Trinajstić information content (AvgIpc) is 2.45. The number of halogens is 1. The van der Waals surface area contributed by atoms with Crippen LogP contribution < -0.4 is 5.32 Å². The fraction of sp³-hybridized carbons (Fsp3) is 0.500. The summed E-state index contributed by atoms with van der Waals surface area (Å²) in [6, 6.07) is 6.69. The van der Waals surface area contributed by atoms with Crippen LogP contribution in [0.1, 0.15) is 43.4 Å². The van der Waals surface area contributed by atoms with Gasteiger partial charge in [-0.3, -0.25) is 0 Å². The first-order valence-electron chi connectivity index (χ1n) is 7.03. The molecule has 19 heavy (non-hydrogen) atoms. The van der Waals surface area contributed by atoms with Crippen molar-refractivity contribution < 1.29 is 4.74 Å². The molecule has 3 heteroatoms. The summed E-state index contributed by atoms with van der Waals surface area (Å²) in [5, 5.41) is 3.65. The number of hydrogen-bond acceptors (Lipinski definition) is 2. The predicted octanol–water partition coefficient (Wildman–Crippen LogP) is 4.49. The van der Waals surface area contributed by atoms with Gasteiger partial charge in [0.2, 0.25) is 0 Å². The van der Waals surface area contributed by atoms with Gasteiger partial charge in [-0.15, -0.1) is 0 Å². The topological polar surface area (TPSA) is 21.3 Å². The molecule has 0 bridgehead atoms. The van der Waals surface area contributed by atoms with Crippen LogP contribution in [-0.4, -0.2) is 13.2 Å². The normalized spacial score (nSPS) is 16.7. The highest BCUT2D eigenvalue weighted by molar-refractivity contribution is 9.10. The molecule has 104 valence electrons. The van der Waals surface area contributed by atoms with Crippen LogP contribution in [0.15, 0.2) is 34.5 Å². The molecule has 2 nitrogen and oxygen atoms in total. The molecule has 2 rings (SSSR count). The molecular weight excluding hydrogens is 302 g/mol. The first-order valence-corrected chi connectivity index (χ1v) is 7.82. The Kier molecular flexibility index (Phi) is 5.46. The van der Waals surface area contributed by atoms with Crippen LogP contribution in [0.4, 0.5) is 0 Å². The Morgan fingerprint density at radius 2 is 2.26 bits per heavy atom. The maximum absolute atomic E-state index is 5.52. The minimum Gasteiger partial charge on any atom is -0.501 e. The van der Waals surface area contributed by atoms with E-state index in [4.69, 9.17) is 4.74 Å². The second kappa shape index (κ2) is 7.11. The number of hydrogen-bond donors (Lipinski definition) is 1. The van der Waals surface area contributed by atoms with E-state index in [9.17, 15) is 0 Å². The molecule has 1 atom stereocenters. The van der Waals surface area contributed by atoms with Gasteiger partial charge < -0.3 is 10.1 Å². The van der Waals surface area contributed by atoms with E-state index in [1.807, 2.05) is 6.26 Å². The van der Waals surface area contributed by atoms with Crippen molar-refractivity contribution in [3.63, 3.8) is 0 Å². The van der Waals surface area contributed by atoms with Gasteiger partial charge in [0.05, 0.1) is 18.9 Å². The van der Waals surface area contributed by atoms with E-state index in [2.05, 4.69) is 53.3 Å². The fourth-order valence-corrected chi connectivity index (χ4v) is 2.84. The maximum Gasteiger partial charge on any atom is 0.0876 e. The van der Waals surface area contributed by atoms with Crippen molar-refractivity contribution in [1.29, 1.82) is 0 Å². The van der Waals surface area contributed by atoms with E-state index >= 15 is 0 Å². The van der Waals surface area contributed by atoms with E-state index < -0.39 is 0 Å². The third-order valence-corrected chi connectivity index (χ3v) is 4.41. The lowest BCUT2D eigenvalue weighted by molar-refractivity contribution is 0.219. The van der Waals surface area contributed by atoms with Crippen molar-refractivity contribution in [3.8, 4) is 0 Å². The van der Waals surface area contributed by atoms with Gasteiger partial charge in [0, 0.05) is 4.47 Å². The Morgan fingerprint density at radius 3 is 2.95 bits per heavy atom. The van der Waals surface area contributed by atoms with Gasteiger partial charge in [-0.1, -0.05) is 35.0 Å². The molecule has 0 saturated carbocycles. The highest BCUT2D eigenvalue weighted by Gasteiger charge is 2.20. The monoisotopic (exact) mass is 323 g/mol. The summed E-state index contributed by atoms with van der Waals surface area (Å²) in [5.74, 6) is 0. The number of rotatable bonds is 5. The van der Waals surface area contributed by atoms with Crippen molar-refractivity contribution in [2.75, 3.05) is 13.2 Å². The van der Waals surface area contributed by atoms with Crippen LogP contribution in [0, 0.1) is 6.92 Å². The van der Waals surface area contributed by atoms with Crippen LogP contribution in [0.2, 0.25) is 0 Å². The lowest BCUT2D eigenvalue weighted by atomic mass is 9.92. The van der Waals surface area contributed by atoms with Crippen LogP contribution in [0.3, 0.4) is 0 Å². The van der Waals surface area contributed by atoms with E-state index in [-0.39, 0.29) is 6.04 Å². The second-order valence-electron chi connectivity index (χ2n) is 5.01. The molecular formula is C16H22BrNO. The molecule has 0 aliphatic carbocycles. The summed E-state index contributed by atoms with van der Waals surface area (Å²) < 4.78 is 6.69. The van der Waals surface area contributed by atoms with Gasteiger partial charge in [-0.2, -0.15) is 0 Å². The Hall–Kier alpha value is -0.800. The summed E-state index contributed by atoms with van der Waals surface area (Å²) in [6.07, 6.45) is 5.32. The molecule has 0 amide bonds. The van der Waals surface area contributed by atoms with Crippen LogP contribution in [-0.2, 0) is 4.74 Å². The van der Waals surface area contributed by atoms with Gasteiger partial charge in [0.15, 0.2) is 0 Å². The van der Waals surface area contributed by atoms with E-state index in [0.717, 1.165) is 32.4 Å². The first kappa shape index (κ1) is 14.6. The van der Waals surface area contributed by atoms with Crippen molar-refractivity contribution in [2.45, 2.75) is 39.2 Å². The molecule has 1 aliphatic heterocycles. The highest BCUT2D eigenvalue weighted by atomic mass is 79.9. The van der Waals surface area contributed by atoms with Crippen molar-refractivity contribution in [3.05, 3.63) is 45.6 Å². The van der Waals surface area contributed by atoms with Crippen LogP contribution in [0.25, 0.3) is 0 Å². The van der Waals surface area contributed by atoms with Crippen molar-refractivity contribution in [2.24, 2.45) is 0 Å². The largest absolute Gasteiger partial charge is 0.501 e. The highest BCUT2D eigenvalue weighted by Crippen LogP contribution is 2.32. The van der Waals surface area contributed by atoms with Crippen LogP contribution in [0.5, 0.6) is 0 Å². The van der Waals surface area contributed by atoms with Gasteiger partial charge in [0.1, 0.15) is 0 Å². The van der Waals surface area contributed by atoms with Crippen LogP contribution >= 0.6 is 15.9 Å². The maximum atomic E-state index is 5.52. The van der Waals surface area contributed by atoms with Gasteiger partial charge in [0.25, 0.3) is 0 Å². The Bertz CT molecular complexity index is 456. The number of ether oxygens (including phenoxy) is 1. The smallest absolute Gasteiger partial charge is 0.0876 e. The summed E-state index contributed by atoms with van der Waals surface area (Å²) >= 11 is 3.63. The zero-order chi connectivity index (χ0) is 13.7. The Labute approximate surface area is 124 Å². The van der Waals surface area contributed by atoms with Gasteiger partial charge >= 0.3 is 0 Å². The summed E-state index contributed by atoms with van der Waals surface area (Å²) in [5.41, 5.74) is 4.02. The van der Waals surface area contributed by atoms with Gasteiger partial charge in [-0.25, -0.2) is 0 Å². The number of benzene rings is 1. The molecule has 0 aromatic heterocycles. The third kappa shape index (κ3) is 3.61. The molecule has 0 saturated heterocycles. The summed E-state index contributed by atoms with van der Waals surface area (Å²) in [4.78, 5) is 0. The lowest BCUT2D eigenvalue weighted by Gasteiger charge is -2.26. The molecule has 1 unspecified atom stereocenters. The molecule has 1 aromatic rings. The molecule has 1 N–H and O–H groups in total. The lowest BCUT2D eigenvalue weighted by Crippen LogP contribution is -2.26. The molecule has 0 fully saturated rings. The van der Waals surface area contributed by atoms with Crippen molar-refractivity contribution in [1.82, 2.24) is 5.32 Å². The van der Waals surface area contributed by atoms with Gasteiger partial charge in [-0.05, 0) is 55.5 Å². The summed E-state index contributed by atoms with van der Waals surface area (Å²) in [6.45, 7) is 6.24. The second-order valence-corrected chi connectivity index (χ2v) is 5.86. The zero-order valence-corrected chi connectivity index (χ0v) is 13.3. The van der Waals surface area contributed by atoms with Crippen molar-refractivity contribution >= 4 is 15.9 Å².